The van der Waals surface area contributed by atoms with Crippen molar-refractivity contribution in [2.45, 2.75) is 40.3 Å². The van der Waals surface area contributed by atoms with Crippen LogP contribution in [0, 0.1) is 17.8 Å². The first-order valence-corrected chi connectivity index (χ1v) is 8.40. The van der Waals surface area contributed by atoms with Crippen LogP contribution in [0.1, 0.15) is 34.1 Å². The molecular weight excluding hydrogens is 292 g/mol. The highest BCUT2D eigenvalue weighted by molar-refractivity contribution is 5.80. The summed E-state index contributed by atoms with van der Waals surface area (Å²) >= 11 is 0. The fourth-order valence-electron chi connectivity index (χ4n) is 3.02. The van der Waals surface area contributed by atoms with E-state index in [1.165, 1.54) is 18.6 Å². The van der Waals surface area contributed by atoms with Crippen molar-refractivity contribution >= 4 is 5.78 Å². The lowest BCUT2D eigenvalue weighted by atomic mass is 9.90. The number of likely N-dealkylation sites (tertiary alicyclic amines) is 1. The molecule has 132 valence electrons. The zero-order valence-electron chi connectivity index (χ0n) is 14.9. The molecule has 0 spiro atoms. The summed E-state index contributed by atoms with van der Waals surface area (Å²) < 4.78 is 5.55. The van der Waals surface area contributed by atoms with Gasteiger partial charge in [-0.25, -0.2) is 0 Å². The van der Waals surface area contributed by atoms with E-state index < -0.39 is 12.1 Å². The molecule has 3 atom stereocenters. The largest absolute Gasteiger partial charge is 0.512 e. The Morgan fingerprint density at radius 1 is 1.57 bits per heavy atom. The first-order valence-electron chi connectivity index (χ1n) is 8.40. The molecule has 1 saturated heterocycles. The number of hydrogen-bond donors (Lipinski definition) is 2. The van der Waals surface area contributed by atoms with Crippen molar-refractivity contribution in [2.24, 2.45) is 23.5 Å². The van der Waals surface area contributed by atoms with Gasteiger partial charge in [0, 0.05) is 19.6 Å². The molecule has 0 radical (unpaired) electrons. The van der Waals surface area contributed by atoms with E-state index in [0.29, 0.717) is 12.5 Å². The van der Waals surface area contributed by atoms with Crippen LogP contribution in [0.5, 0.6) is 0 Å². The average Bonchev–Trinajstić information content (AvgIpc) is 2.41. The van der Waals surface area contributed by atoms with E-state index in [-0.39, 0.29) is 17.5 Å². The normalized spacial score (nSPS) is 23.1. The first kappa shape index (κ1) is 19.9. The Kier molecular flexibility index (Phi) is 7.95. The number of ether oxygens (including phenoxy) is 1. The van der Waals surface area contributed by atoms with E-state index in [1.54, 1.807) is 0 Å². The lowest BCUT2D eigenvalue weighted by Crippen LogP contribution is -2.38. The molecule has 1 heterocycles. The Hall–Kier alpha value is -1.17. The third kappa shape index (κ3) is 6.45. The Morgan fingerprint density at radius 3 is 2.74 bits per heavy atom. The van der Waals surface area contributed by atoms with E-state index in [0.717, 1.165) is 26.1 Å². The molecule has 5 heteroatoms. The third-order valence-electron chi connectivity index (χ3n) is 4.45. The second-order valence-electron chi connectivity index (χ2n) is 6.87. The van der Waals surface area contributed by atoms with Crippen LogP contribution in [0.3, 0.4) is 0 Å². The maximum atomic E-state index is 11.6. The number of rotatable bonds is 8. The summed E-state index contributed by atoms with van der Waals surface area (Å²) in [5, 5.41) is 10.1. The molecule has 1 unspecified atom stereocenters. The molecule has 23 heavy (non-hydrogen) atoms. The highest BCUT2D eigenvalue weighted by Gasteiger charge is 2.23. The molecule has 1 aliphatic heterocycles. The van der Waals surface area contributed by atoms with Gasteiger partial charge in [0.15, 0.2) is 0 Å². The zero-order valence-corrected chi connectivity index (χ0v) is 14.9. The molecule has 1 aliphatic rings. The van der Waals surface area contributed by atoms with Crippen LogP contribution in [0.15, 0.2) is 24.0 Å². The van der Waals surface area contributed by atoms with Gasteiger partial charge in [-0.05, 0) is 31.3 Å². The number of aliphatic hydroxyl groups excluding tert-OH is 1. The number of nitrogens with zero attached hydrogens (tertiary/aromatic N) is 1. The summed E-state index contributed by atoms with van der Waals surface area (Å²) in [7, 11) is 0. The lowest BCUT2D eigenvalue weighted by Gasteiger charge is -2.32. The number of aliphatic hydroxyl groups is 1. The van der Waals surface area contributed by atoms with Gasteiger partial charge >= 0.3 is 0 Å². The predicted molar refractivity (Wildman–Crippen MR) is 93.0 cm³/mol. The highest BCUT2D eigenvalue weighted by Crippen LogP contribution is 2.21. The van der Waals surface area contributed by atoms with Crippen LogP contribution < -0.4 is 5.73 Å². The Labute approximate surface area is 140 Å². The van der Waals surface area contributed by atoms with Crippen LogP contribution in [0.4, 0.5) is 0 Å². The zero-order chi connectivity index (χ0) is 17.6. The smallest absolute Gasteiger partial charge is 0.140 e. The van der Waals surface area contributed by atoms with Gasteiger partial charge in [-0.1, -0.05) is 32.9 Å². The molecule has 0 saturated carbocycles. The van der Waals surface area contributed by atoms with Crippen LogP contribution in [0.25, 0.3) is 0 Å². The molecule has 1 rings (SSSR count). The third-order valence-corrected chi connectivity index (χ3v) is 4.45. The second kappa shape index (κ2) is 9.21. The Bertz CT molecular complexity index is 446. The van der Waals surface area contributed by atoms with E-state index in [2.05, 4.69) is 18.4 Å². The molecule has 0 amide bonds. The molecule has 1 fully saturated rings. The number of piperidine rings is 1. The van der Waals surface area contributed by atoms with Gasteiger partial charge in [0.25, 0.3) is 0 Å². The van der Waals surface area contributed by atoms with Crippen LogP contribution in [0.2, 0.25) is 0 Å². The van der Waals surface area contributed by atoms with Crippen molar-refractivity contribution in [1.82, 2.24) is 4.90 Å². The molecule has 0 aromatic rings. The van der Waals surface area contributed by atoms with E-state index in [4.69, 9.17) is 10.5 Å². The van der Waals surface area contributed by atoms with Gasteiger partial charge in [0.1, 0.15) is 17.8 Å². The minimum Gasteiger partial charge on any atom is -0.512 e. The van der Waals surface area contributed by atoms with Crippen molar-refractivity contribution in [2.75, 3.05) is 26.2 Å². The molecule has 0 bridgehead atoms. The van der Waals surface area contributed by atoms with Crippen LogP contribution in [-0.2, 0) is 9.53 Å². The summed E-state index contributed by atoms with van der Waals surface area (Å²) in [5.41, 5.74) is 7.19. The Balaban J connectivity index is 2.41. The minimum absolute atomic E-state index is 0.00268. The minimum atomic E-state index is -0.701. The van der Waals surface area contributed by atoms with Gasteiger partial charge in [0.05, 0.1) is 12.5 Å². The van der Waals surface area contributed by atoms with Crippen LogP contribution in [-0.4, -0.2) is 48.3 Å². The van der Waals surface area contributed by atoms with Crippen molar-refractivity contribution in [1.29, 1.82) is 0 Å². The van der Waals surface area contributed by atoms with Gasteiger partial charge in [-0.3, -0.25) is 4.79 Å². The van der Waals surface area contributed by atoms with Crippen molar-refractivity contribution in [3.8, 4) is 0 Å². The molecule has 5 nitrogen and oxygen atoms in total. The maximum Gasteiger partial charge on any atom is 0.140 e. The fourth-order valence-corrected chi connectivity index (χ4v) is 3.02. The Morgan fingerprint density at radius 2 is 2.22 bits per heavy atom. The van der Waals surface area contributed by atoms with Crippen molar-refractivity contribution < 1.29 is 14.6 Å². The number of allylic oxidation sites excluding steroid dienone is 1. The highest BCUT2D eigenvalue weighted by atomic mass is 16.5. The average molecular weight is 324 g/mol. The lowest BCUT2D eigenvalue weighted by molar-refractivity contribution is -0.121. The summed E-state index contributed by atoms with van der Waals surface area (Å²) in [5.74, 6) is -0.0346. The standard InChI is InChI=1S/C18H32N2O3/c1-12(2)18(15(5)21)16(22)10-17(19)23-9-8-20-7-6-13(3)14(4)11-20/h10,12,14,17-18,22H,3,6-9,11,19H2,1-2,4-5H3/b16-10-/t14-,17?,18+/m1/s1. The molecule has 0 aromatic carbocycles. The van der Waals surface area contributed by atoms with Gasteiger partial charge in [-0.15, -0.1) is 0 Å². The summed E-state index contributed by atoms with van der Waals surface area (Å²) in [4.78, 5) is 13.9. The maximum absolute atomic E-state index is 11.6. The van der Waals surface area contributed by atoms with E-state index >= 15 is 0 Å². The molecule has 3 N–H and O–H groups in total. The first-order chi connectivity index (χ1) is 10.7. The number of ketones is 1. The second-order valence-corrected chi connectivity index (χ2v) is 6.87. The molecular formula is C18H32N2O3. The quantitative estimate of drug-likeness (QED) is 0.407. The number of carbonyl (C=O) groups is 1. The predicted octanol–water partition coefficient (Wildman–Crippen LogP) is 2.49. The summed E-state index contributed by atoms with van der Waals surface area (Å²) in [6, 6.07) is 0. The fraction of sp³-hybridized carbons (Fsp3) is 0.722. The topological polar surface area (TPSA) is 75.8 Å². The van der Waals surface area contributed by atoms with E-state index in [1.807, 2.05) is 13.8 Å². The van der Waals surface area contributed by atoms with Gasteiger partial charge in [0.2, 0.25) is 0 Å². The van der Waals surface area contributed by atoms with Crippen molar-refractivity contribution in [3.63, 3.8) is 0 Å². The molecule has 0 aliphatic carbocycles. The summed E-state index contributed by atoms with van der Waals surface area (Å²) in [6.07, 6.45) is 1.77. The number of hydrogen-bond acceptors (Lipinski definition) is 5. The number of nitrogens with two attached hydrogens (primary N) is 1. The SMILES string of the molecule is C=C1CCN(CCOC(N)/C=C(\O)[C@H](C(C)=O)C(C)C)C[C@H]1C. The van der Waals surface area contributed by atoms with Gasteiger partial charge in [-0.2, -0.15) is 0 Å². The van der Waals surface area contributed by atoms with Gasteiger partial charge < -0.3 is 20.5 Å². The number of Topliss-reactive ketones (excluding diaryl/α,β-unsaturated/α-hetero) is 1. The van der Waals surface area contributed by atoms with Crippen molar-refractivity contribution in [3.05, 3.63) is 24.0 Å². The monoisotopic (exact) mass is 324 g/mol. The van der Waals surface area contributed by atoms with E-state index in [9.17, 15) is 9.90 Å². The molecule has 0 aromatic heterocycles. The number of carbonyl (C=O) groups excluding carboxylic acids is 1. The van der Waals surface area contributed by atoms with Crippen LogP contribution >= 0.6 is 0 Å². The summed E-state index contributed by atoms with van der Waals surface area (Å²) in [6.45, 7) is 14.8.